The number of carbonyl (C=O) groups excluding carboxylic acids is 1. The molecule has 0 spiro atoms. The summed E-state index contributed by atoms with van der Waals surface area (Å²) in [5.74, 6) is 0.155. The molecule has 0 bridgehead atoms. The van der Waals surface area contributed by atoms with Gasteiger partial charge in [0.1, 0.15) is 6.33 Å². The summed E-state index contributed by atoms with van der Waals surface area (Å²) in [6.07, 6.45) is 5.09. The molecule has 2 aromatic rings. The van der Waals surface area contributed by atoms with Crippen molar-refractivity contribution >= 4 is 5.91 Å². The number of likely N-dealkylation sites (tertiary alicyclic amines) is 1. The van der Waals surface area contributed by atoms with E-state index in [-0.39, 0.29) is 17.9 Å². The Morgan fingerprint density at radius 2 is 1.96 bits per heavy atom. The molecule has 1 aromatic heterocycles. The zero-order chi connectivity index (χ0) is 17.6. The Labute approximate surface area is 149 Å². The molecule has 1 amide bonds. The SMILES string of the molecule is CC(C)c1ncncc1C(=O)NC1CCN(Cc2ccccc2)CC1. The molecule has 1 N–H and O–H groups in total. The molecule has 5 nitrogen and oxygen atoms in total. The lowest BCUT2D eigenvalue weighted by Gasteiger charge is -2.32. The van der Waals surface area contributed by atoms with E-state index < -0.39 is 0 Å². The van der Waals surface area contributed by atoms with Gasteiger partial charge in [0, 0.05) is 31.9 Å². The van der Waals surface area contributed by atoms with Crippen molar-refractivity contribution in [2.45, 2.75) is 45.2 Å². The summed E-state index contributed by atoms with van der Waals surface area (Å²) in [4.78, 5) is 23.3. The van der Waals surface area contributed by atoms with Gasteiger partial charge in [0.2, 0.25) is 0 Å². The largest absolute Gasteiger partial charge is 0.349 e. The minimum absolute atomic E-state index is 0.0502. The summed E-state index contributed by atoms with van der Waals surface area (Å²) in [6, 6.07) is 10.8. The number of carbonyl (C=O) groups is 1. The molecule has 0 aliphatic carbocycles. The number of rotatable bonds is 5. The maximum absolute atomic E-state index is 12.6. The van der Waals surface area contributed by atoms with Gasteiger partial charge < -0.3 is 5.32 Å². The lowest BCUT2D eigenvalue weighted by molar-refractivity contribution is 0.0906. The van der Waals surface area contributed by atoms with Gasteiger partial charge in [-0.3, -0.25) is 9.69 Å². The van der Waals surface area contributed by atoms with E-state index in [1.165, 1.54) is 11.9 Å². The molecule has 0 unspecified atom stereocenters. The molecule has 5 heteroatoms. The van der Waals surface area contributed by atoms with Gasteiger partial charge in [0.05, 0.1) is 11.3 Å². The number of aromatic nitrogens is 2. The Morgan fingerprint density at radius 3 is 2.64 bits per heavy atom. The highest BCUT2D eigenvalue weighted by Crippen LogP contribution is 2.17. The second kappa shape index (κ2) is 8.21. The van der Waals surface area contributed by atoms with E-state index in [9.17, 15) is 4.79 Å². The Balaban J connectivity index is 1.53. The second-order valence-electron chi connectivity index (χ2n) is 6.99. The van der Waals surface area contributed by atoms with Crippen molar-refractivity contribution in [2.24, 2.45) is 0 Å². The van der Waals surface area contributed by atoms with Gasteiger partial charge in [-0.25, -0.2) is 9.97 Å². The standard InChI is InChI=1S/C20H26N4O/c1-15(2)19-18(12-21-14-22-19)20(25)23-17-8-10-24(11-9-17)13-16-6-4-3-5-7-16/h3-7,12,14-15,17H,8-11,13H2,1-2H3,(H,23,25). The summed E-state index contributed by atoms with van der Waals surface area (Å²) in [7, 11) is 0. The maximum atomic E-state index is 12.6. The van der Waals surface area contributed by atoms with Crippen LogP contribution in [0.4, 0.5) is 0 Å². The summed E-state index contributed by atoms with van der Waals surface area (Å²) in [5.41, 5.74) is 2.76. The van der Waals surface area contributed by atoms with Crippen LogP contribution in [0, 0.1) is 0 Å². The fraction of sp³-hybridized carbons (Fsp3) is 0.450. The van der Waals surface area contributed by atoms with Crippen molar-refractivity contribution in [3.05, 3.63) is 59.7 Å². The van der Waals surface area contributed by atoms with Crippen LogP contribution in [0.3, 0.4) is 0 Å². The van der Waals surface area contributed by atoms with Crippen LogP contribution in [0.5, 0.6) is 0 Å². The topological polar surface area (TPSA) is 58.1 Å². The van der Waals surface area contributed by atoms with Gasteiger partial charge in [0.15, 0.2) is 0 Å². The molecule has 1 fully saturated rings. The molecule has 1 aliphatic rings. The number of benzene rings is 1. The van der Waals surface area contributed by atoms with Crippen LogP contribution in [0.1, 0.15) is 54.2 Å². The Bertz CT molecular complexity index is 694. The Kier molecular flexibility index (Phi) is 5.76. The Hall–Kier alpha value is -2.27. The van der Waals surface area contributed by atoms with Gasteiger partial charge in [-0.1, -0.05) is 44.2 Å². The summed E-state index contributed by atoms with van der Waals surface area (Å²) in [6.45, 7) is 7.07. The number of hydrogen-bond acceptors (Lipinski definition) is 4. The lowest BCUT2D eigenvalue weighted by atomic mass is 10.0. The highest BCUT2D eigenvalue weighted by atomic mass is 16.1. The molecule has 3 rings (SSSR count). The van der Waals surface area contributed by atoms with Gasteiger partial charge in [-0.2, -0.15) is 0 Å². The highest BCUT2D eigenvalue weighted by molar-refractivity contribution is 5.95. The third-order valence-corrected chi connectivity index (χ3v) is 4.71. The smallest absolute Gasteiger partial charge is 0.254 e. The number of amides is 1. The van der Waals surface area contributed by atoms with Crippen LogP contribution in [0.15, 0.2) is 42.9 Å². The van der Waals surface area contributed by atoms with E-state index in [2.05, 4.69) is 44.5 Å². The number of nitrogens with zero attached hydrogens (tertiary/aromatic N) is 3. The van der Waals surface area contributed by atoms with Crippen LogP contribution in [0.2, 0.25) is 0 Å². The first-order chi connectivity index (χ1) is 12.1. The van der Waals surface area contributed by atoms with Crippen LogP contribution in [0.25, 0.3) is 0 Å². The minimum atomic E-state index is -0.0502. The van der Waals surface area contributed by atoms with Crippen molar-refractivity contribution < 1.29 is 4.79 Å². The lowest BCUT2D eigenvalue weighted by Crippen LogP contribution is -2.44. The maximum Gasteiger partial charge on any atom is 0.254 e. The van der Waals surface area contributed by atoms with Crippen LogP contribution < -0.4 is 5.32 Å². The molecule has 0 atom stereocenters. The highest BCUT2D eigenvalue weighted by Gasteiger charge is 2.23. The molecule has 1 aromatic carbocycles. The number of nitrogens with one attached hydrogen (secondary N) is 1. The van der Waals surface area contributed by atoms with Gasteiger partial charge in [-0.05, 0) is 24.3 Å². The molecular formula is C20H26N4O. The fourth-order valence-electron chi connectivity index (χ4n) is 3.31. The minimum Gasteiger partial charge on any atom is -0.349 e. The van der Waals surface area contributed by atoms with E-state index in [0.717, 1.165) is 38.2 Å². The van der Waals surface area contributed by atoms with Crippen molar-refractivity contribution in [3.8, 4) is 0 Å². The summed E-state index contributed by atoms with van der Waals surface area (Å²) in [5, 5.41) is 3.17. The van der Waals surface area contributed by atoms with Gasteiger partial charge in [-0.15, -0.1) is 0 Å². The first-order valence-corrected chi connectivity index (χ1v) is 9.00. The van der Waals surface area contributed by atoms with Crippen LogP contribution in [-0.4, -0.2) is 39.9 Å². The van der Waals surface area contributed by atoms with E-state index in [4.69, 9.17) is 0 Å². The molecule has 0 radical (unpaired) electrons. The summed E-state index contributed by atoms with van der Waals surface area (Å²) >= 11 is 0. The predicted octanol–water partition coefficient (Wildman–Crippen LogP) is 2.99. The number of hydrogen-bond donors (Lipinski definition) is 1. The second-order valence-corrected chi connectivity index (χ2v) is 6.99. The van der Waals surface area contributed by atoms with Crippen LogP contribution in [-0.2, 0) is 6.54 Å². The van der Waals surface area contributed by atoms with Crippen molar-refractivity contribution in [1.29, 1.82) is 0 Å². The third kappa shape index (κ3) is 4.63. The van der Waals surface area contributed by atoms with E-state index in [0.29, 0.717) is 5.56 Å². The molecule has 1 aliphatic heterocycles. The average Bonchev–Trinajstić information content (AvgIpc) is 2.64. The van der Waals surface area contributed by atoms with Crippen molar-refractivity contribution in [3.63, 3.8) is 0 Å². The zero-order valence-electron chi connectivity index (χ0n) is 15.0. The van der Waals surface area contributed by atoms with Crippen molar-refractivity contribution in [1.82, 2.24) is 20.2 Å². The Morgan fingerprint density at radius 1 is 1.24 bits per heavy atom. The molecule has 0 saturated carbocycles. The fourth-order valence-corrected chi connectivity index (χ4v) is 3.31. The average molecular weight is 338 g/mol. The van der Waals surface area contributed by atoms with Crippen molar-refractivity contribution in [2.75, 3.05) is 13.1 Å². The quantitative estimate of drug-likeness (QED) is 0.910. The first-order valence-electron chi connectivity index (χ1n) is 9.00. The molecule has 2 heterocycles. The summed E-state index contributed by atoms with van der Waals surface area (Å²) < 4.78 is 0. The predicted molar refractivity (Wildman–Crippen MR) is 98.3 cm³/mol. The molecular weight excluding hydrogens is 312 g/mol. The third-order valence-electron chi connectivity index (χ3n) is 4.71. The molecule has 132 valence electrons. The van der Waals surface area contributed by atoms with Gasteiger partial charge in [0.25, 0.3) is 5.91 Å². The zero-order valence-corrected chi connectivity index (χ0v) is 15.0. The molecule has 1 saturated heterocycles. The van der Waals surface area contributed by atoms with E-state index in [1.807, 2.05) is 19.9 Å². The molecule has 25 heavy (non-hydrogen) atoms. The normalized spacial score (nSPS) is 16.1. The van der Waals surface area contributed by atoms with E-state index >= 15 is 0 Å². The van der Waals surface area contributed by atoms with Crippen LogP contribution >= 0.6 is 0 Å². The van der Waals surface area contributed by atoms with Gasteiger partial charge >= 0.3 is 0 Å². The monoisotopic (exact) mass is 338 g/mol. The number of piperidine rings is 1. The van der Waals surface area contributed by atoms with E-state index in [1.54, 1.807) is 6.20 Å². The first kappa shape index (κ1) is 17.5.